The number of hydrogen-bond acceptors (Lipinski definition) is 6. The number of aromatic nitrogens is 1. The first-order chi connectivity index (χ1) is 14.6. The summed E-state index contributed by atoms with van der Waals surface area (Å²) in [7, 11) is 3.58. The molecule has 30 heavy (non-hydrogen) atoms. The largest absolute Gasteiger partial charge is 0.495 e. The van der Waals surface area contributed by atoms with Crippen molar-refractivity contribution in [2.75, 3.05) is 51.8 Å². The minimum absolute atomic E-state index is 0.0373. The van der Waals surface area contributed by atoms with Crippen LogP contribution in [0.4, 0.5) is 5.69 Å². The lowest BCUT2D eigenvalue weighted by Gasteiger charge is -2.37. The predicted octanol–water partition coefficient (Wildman–Crippen LogP) is 3.65. The number of methoxy groups -OCH3 is 1. The van der Waals surface area contributed by atoms with Crippen LogP contribution in [0.25, 0.3) is 10.2 Å². The minimum atomic E-state index is -0.0373. The highest BCUT2D eigenvalue weighted by Crippen LogP contribution is 2.30. The van der Waals surface area contributed by atoms with Gasteiger partial charge in [-0.3, -0.25) is 9.69 Å². The van der Waals surface area contributed by atoms with Crippen molar-refractivity contribution < 1.29 is 9.53 Å². The van der Waals surface area contributed by atoms with Gasteiger partial charge in [-0.05, 0) is 31.2 Å². The molecule has 3 aromatic rings. The molecule has 158 valence electrons. The second kappa shape index (κ2) is 9.02. The highest BCUT2D eigenvalue weighted by Gasteiger charge is 2.25. The molecule has 7 heteroatoms. The third kappa shape index (κ3) is 4.27. The van der Waals surface area contributed by atoms with Crippen LogP contribution in [0.1, 0.15) is 18.0 Å². The van der Waals surface area contributed by atoms with Gasteiger partial charge in [0.25, 0.3) is 0 Å². The first kappa shape index (κ1) is 20.6. The lowest BCUT2D eigenvalue weighted by Crippen LogP contribution is -2.50. The third-order valence-electron chi connectivity index (χ3n) is 5.80. The highest BCUT2D eigenvalue weighted by molar-refractivity contribution is 7.18. The molecule has 4 rings (SSSR count). The van der Waals surface area contributed by atoms with Gasteiger partial charge in [0.1, 0.15) is 10.8 Å². The lowest BCUT2D eigenvalue weighted by atomic mass is 10.2. The van der Waals surface area contributed by atoms with Gasteiger partial charge in [0.15, 0.2) is 0 Å². The molecule has 6 nitrogen and oxygen atoms in total. The summed E-state index contributed by atoms with van der Waals surface area (Å²) in [4.78, 5) is 24.0. The summed E-state index contributed by atoms with van der Waals surface area (Å²) in [5.74, 6) is 1.03. The molecule has 1 aromatic heterocycles. The normalized spacial score (nSPS) is 15.9. The van der Waals surface area contributed by atoms with Crippen molar-refractivity contribution in [3.8, 4) is 5.75 Å². The van der Waals surface area contributed by atoms with E-state index in [2.05, 4.69) is 28.9 Å². The second-order valence-electron chi connectivity index (χ2n) is 7.64. The SMILES string of the molecule is COc1ccccc1N1CCN(CC(=O)N(C)[C@H](C)c2nc3ccccc3s2)CC1. The van der Waals surface area contributed by atoms with Crippen LogP contribution in [0.2, 0.25) is 0 Å². The molecular formula is C23H28N4O2S. The molecular weight excluding hydrogens is 396 g/mol. The number of thiazole rings is 1. The molecule has 0 bridgehead atoms. The van der Waals surface area contributed by atoms with Gasteiger partial charge >= 0.3 is 0 Å². The summed E-state index contributed by atoms with van der Waals surface area (Å²) in [6, 6.07) is 16.2. The van der Waals surface area contributed by atoms with E-state index in [1.54, 1.807) is 18.4 Å². The Morgan fingerprint density at radius 1 is 1.13 bits per heavy atom. The van der Waals surface area contributed by atoms with E-state index in [1.165, 1.54) is 0 Å². The molecule has 1 aliphatic rings. The van der Waals surface area contributed by atoms with E-state index < -0.39 is 0 Å². The highest BCUT2D eigenvalue weighted by atomic mass is 32.1. The van der Waals surface area contributed by atoms with Gasteiger partial charge in [0, 0.05) is 33.2 Å². The Hall–Kier alpha value is -2.64. The Bertz CT molecular complexity index is 980. The number of anilines is 1. The minimum Gasteiger partial charge on any atom is -0.495 e. The molecule has 1 aliphatic heterocycles. The standard InChI is InChI=1S/C23H28N4O2S/c1-17(23-24-18-8-4-7-11-21(18)30-23)25(2)22(28)16-26-12-14-27(15-13-26)19-9-5-6-10-20(19)29-3/h4-11,17H,12-16H2,1-3H3/t17-/m1/s1. The molecule has 0 saturated carbocycles. The summed E-state index contributed by atoms with van der Waals surface area (Å²) < 4.78 is 6.65. The molecule has 1 saturated heterocycles. The molecule has 0 unspecified atom stereocenters. The number of likely N-dealkylation sites (N-methyl/N-ethyl adjacent to an activating group) is 1. The van der Waals surface area contributed by atoms with Crippen molar-refractivity contribution >= 4 is 33.1 Å². The van der Waals surface area contributed by atoms with Crippen molar-refractivity contribution in [1.82, 2.24) is 14.8 Å². The van der Waals surface area contributed by atoms with Crippen LogP contribution in [0.3, 0.4) is 0 Å². The van der Waals surface area contributed by atoms with Gasteiger partial charge in [-0.2, -0.15) is 0 Å². The van der Waals surface area contributed by atoms with E-state index in [0.717, 1.165) is 52.8 Å². The van der Waals surface area contributed by atoms with Crippen LogP contribution < -0.4 is 9.64 Å². The Kier molecular flexibility index (Phi) is 6.20. The molecule has 0 radical (unpaired) electrons. The van der Waals surface area contributed by atoms with Crippen LogP contribution in [-0.2, 0) is 4.79 Å². The number of carbonyl (C=O) groups excluding carboxylic acids is 1. The number of para-hydroxylation sites is 3. The molecule has 2 heterocycles. The quantitative estimate of drug-likeness (QED) is 0.605. The van der Waals surface area contributed by atoms with E-state index in [9.17, 15) is 4.79 Å². The first-order valence-electron chi connectivity index (χ1n) is 10.3. The number of fused-ring (bicyclic) bond motifs is 1. The molecule has 1 atom stereocenters. The fourth-order valence-electron chi connectivity index (χ4n) is 3.79. The predicted molar refractivity (Wildman–Crippen MR) is 122 cm³/mol. The summed E-state index contributed by atoms with van der Waals surface area (Å²) in [6.45, 7) is 5.95. The molecule has 0 N–H and O–H groups in total. The van der Waals surface area contributed by atoms with E-state index in [4.69, 9.17) is 9.72 Å². The van der Waals surface area contributed by atoms with Crippen molar-refractivity contribution in [1.29, 1.82) is 0 Å². The van der Waals surface area contributed by atoms with Gasteiger partial charge in [-0.25, -0.2) is 4.98 Å². The zero-order chi connectivity index (χ0) is 21.1. The van der Waals surface area contributed by atoms with Gasteiger partial charge in [-0.1, -0.05) is 24.3 Å². The third-order valence-corrected chi connectivity index (χ3v) is 7.01. The Labute approximate surface area is 181 Å². The summed E-state index contributed by atoms with van der Waals surface area (Å²) in [6.07, 6.45) is 0. The summed E-state index contributed by atoms with van der Waals surface area (Å²) >= 11 is 1.66. The summed E-state index contributed by atoms with van der Waals surface area (Å²) in [5.41, 5.74) is 2.12. The number of amides is 1. The fraction of sp³-hybridized carbons (Fsp3) is 0.391. The number of hydrogen-bond donors (Lipinski definition) is 0. The molecule has 0 aliphatic carbocycles. The van der Waals surface area contributed by atoms with Gasteiger partial charge in [0.05, 0.1) is 35.6 Å². The van der Waals surface area contributed by atoms with Crippen LogP contribution >= 0.6 is 11.3 Å². The lowest BCUT2D eigenvalue weighted by molar-refractivity contribution is -0.133. The van der Waals surface area contributed by atoms with E-state index in [-0.39, 0.29) is 11.9 Å². The molecule has 1 fully saturated rings. The number of nitrogens with zero attached hydrogens (tertiary/aromatic N) is 4. The number of piperazine rings is 1. The molecule has 2 aromatic carbocycles. The molecule has 0 spiro atoms. The van der Waals surface area contributed by atoms with Gasteiger partial charge in [-0.15, -0.1) is 11.3 Å². The second-order valence-corrected chi connectivity index (χ2v) is 8.70. The van der Waals surface area contributed by atoms with Crippen molar-refractivity contribution in [3.05, 3.63) is 53.5 Å². The maximum atomic E-state index is 12.9. The van der Waals surface area contributed by atoms with Crippen LogP contribution in [0.5, 0.6) is 5.75 Å². The Morgan fingerprint density at radius 3 is 2.57 bits per heavy atom. The van der Waals surface area contributed by atoms with E-state index in [1.807, 2.05) is 48.3 Å². The zero-order valence-electron chi connectivity index (χ0n) is 17.7. The smallest absolute Gasteiger partial charge is 0.237 e. The topological polar surface area (TPSA) is 48.9 Å². The first-order valence-corrected chi connectivity index (χ1v) is 11.1. The van der Waals surface area contributed by atoms with Gasteiger partial charge in [0.2, 0.25) is 5.91 Å². The Morgan fingerprint density at radius 2 is 1.83 bits per heavy atom. The van der Waals surface area contributed by atoms with E-state index in [0.29, 0.717) is 6.54 Å². The zero-order valence-corrected chi connectivity index (χ0v) is 18.6. The number of carbonyl (C=O) groups is 1. The average molecular weight is 425 g/mol. The maximum absolute atomic E-state index is 12.9. The Balaban J connectivity index is 1.34. The number of benzene rings is 2. The van der Waals surface area contributed by atoms with Crippen LogP contribution in [-0.4, -0.2) is 67.6 Å². The van der Waals surface area contributed by atoms with Crippen molar-refractivity contribution in [3.63, 3.8) is 0 Å². The summed E-state index contributed by atoms with van der Waals surface area (Å²) in [5, 5.41) is 0.980. The monoisotopic (exact) mass is 424 g/mol. The van der Waals surface area contributed by atoms with Crippen molar-refractivity contribution in [2.24, 2.45) is 0 Å². The molecule has 1 amide bonds. The van der Waals surface area contributed by atoms with E-state index >= 15 is 0 Å². The van der Waals surface area contributed by atoms with Gasteiger partial charge < -0.3 is 14.5 Å². The fourth-order valence-corrected chi connectivity index (χ4v) is 4.85. The van der Waals surface area contributed by atoms with Crippen LogP contribution in [0, 0.1) is 0 Å². The maximum Gasteiger partial charge on any atom is 0.237 e. The van der Waals surface area contributed by atoms with Crippen LogP contribution in [0.15, 0.2) is 48.5 Å². The van der Waals surface area contributed by atoms with Crippen molar-refractivity contribution in [2.45, 2.75) is 13.0 Å². The number of rotatable bonds is 6. The average Bonchev–Trinajstić information content (AvgIpc) is 3.23. The number of ether oxygens (including phenoxy) is 1.